The highest BCUT2D eigenvalue weighted by Crippen LogP contribution is 2.44. The lowest BCUT2D eigenvalue weighted by Gasteiger charge is -2.32. The van der Waals surface area contributed by atoms with E-state index in [2.05, 4.69) is 37.2 Å². The van der Waals surface area contributed by atoms with Crippen molar-refractivity contribution in [3.05, 3.63) is 137 Å². The number of benzene rings is 4. The molecule has 63 heavy (non-hydrogen) atoms. The minimum absolute atomic E-state index is 0.145. The number of piperazine rings is 1. The van der Waals surface area contributed by atoms with E-state index in [-0.39, 0.29) is 18.8 Å². The van der Waals surface area contributed by atoms with Gasteiger partial charge in [-0.05, 0) is 78.7 Å². The van der Waals surface area contributed by atoms with Crippen molar-refractivity contribution < 1.29 is 28.1 Å². The number of likely N-dealkylation sites (N-methyl/N-ethyl adjacent to an activating group) is 1. The summed E-state index contributed by atoms with van der Waals surface area (Å²) in [5.41, 5.74) is 6.55. The summed E-state index contributed by atoms with van der Waals surface area (Å²) in [5, 5.41) is 8.45. The molecule has 15 heteroatoms. The lowest BCUT2D eigenvalue weighted by molar-refractivity contribution is -0.141. The van der Waals surface area contributed by atoms with Crippen LogP contribution in [-0.2, 0) is 22.6 Å². The second-order valence-electron chi connectivity index (χ2n) is 15.3. The van der Waals surface area contributed by atoms with E-state index in [1.807, 2.05) is 73.8 Å². The molecule has 1 N–H and O–H groups in total. The van der Waals surface area contributed by atoms with Crippen LogP contribution in [0, 0.1) is 12.7 Å². The highest BCUT2D eigenvalue weighted by Gasteiger charge is 2.27. The van der Waals surface area contributed by atoms with E-state index in [4.69, 9.17) is 35.5 Å². The standard InChI is InChI=1S/C48H48ClFN8O5/c1-31-36(17-18-42(44(31)49)62-26-25-57-23-21-56(2)22-24-57)43-38(32-13-15-34(50)16-14-32)28-58-45(43)47(52-30-53-58)55-39(48(59)61-4)27-33-9-5-7-11-40(33)63-29-35-19-20-51-46(54-35)37-10-6-8-12-41(37)60-3/h5-20,28,30,39H,21-27,29H2,1-4H3,(H,52,53,55)/t39-/m0/s1. The minimum Gasteiger partial charge on any atom is -0.496 e. The van der Waals surface area contributed by atoms with Gasteiger partial charge < -0.3 is 29.2 Å². The summed E-state index contributed by atoms with van der Waals surface area (Å²) in [6.45, 7) is 7.41. The van der Waals surface area contributed by atoms with Gasteiger partial charge in [-0.15, -0.1) is 0 Å². The number of methoxy groups -OCH3 is 2. The van der Waals surface area contributed by atoms with Crippen molar-refractivity contribution in [2.75, 3.05) is 65.9 Å². The fourth-order valence-corrected chi connectivity index (χ4v) is 7.98. The van der Waals surface area contributed by atoms with Gasteiger partial charge in [0, 0.05) is 62.7 Å². The molecule has 4 aromatic carbocycles. The molecule has 8 rings (SSSR count). The Bertz CT molecular complexity index is 2710. The molecule has 0 bridgehead atoms. The number of fused-ring (bicyclic) bond motifs is 1. The molecule has 0 amide bonds. The molecule has 0 radical (unpaired) electrons. The lowest BCUT2D eigenvalue weighted by Crippen LogP contribution is -2.45. The average molecular weight is 871 g/mol. The average Bonchev–Trinajstić information content (AvgIpc) is 3.70. The number of hydrogen-bond acceptors (Lipinski definition) is 12. The van der Waals surface area contributed by atoms with Gasteiger partial charge in [0.15, 0.2) is 11.6 Å². The van der Waals surface area contributed by atoms with Crippen LogP contribution in [0.4, 0.5) is 10.2 Å². The van der Waals surface area contributed by atoms with Gasteiger partial charge in [0.1, 0.15) is 54.2 Å². The van der Waals surface area contributed by atoms with Gasteiger partial charge in [-0.3, -0.25) is 4.90 Å². The molecular weight excluding hydrogens is 823 g/mol. The van der Waals surface area contributed by atoms with Crippen LogP contribution in [0.1, 0.15) is 16.8 Å². The van der Waals surface area contributed by atoms with Crippen LogP contribution >= 0.6 is 11.6 Å². The highest BCUT2D eigenvalue weighted by molar-refractivity contribution is 6.33. The predicted octanol–water partition coefficient (Wildman–Crippen LogP) is 8.03. The SMILES string of the molecule is COC(=O)[C@H](Cc1ccccc1OCc1ccnc(-c2ccccc2OC)n1)Nc1ncnn2cc(-c3ccc(F)cc3)c(-c3ccc(OCCN4CCN(C)CC4)c(Cl)c3C)c12. The minimum atomic E-state index is -0.910. The number of carbonyl (C=O) groups is 1. The first-order valence-electron chi connectivity index (χ1n) is 20.7. The molecule has 1 atom stereocenters. The number of para-hydroxylation sites is 2. The van der Waals surface area contributed by atoms with Crippen molar-refractivity contribution in [1.82, 2.24) is 34.4 Å². The molecule has 0 unspecified atom stereocenters. The van der Waals surface area contributed by atoms with E-state index in [1.165, 1.54) is 25.6 Å². The van der Waals surface area contributed by atoms with Crippen LogP contribution in [0.5, 0.6) is 17.2 Å². The van der Waals surface area contributed by atoms with Gasteiger partial charge in [-0.2, -0.15) is 5.10 Å². The number of carbonyl (C=O) groups excluding carboxylic acids is 1. The highest BCUT2D eigenvalue weighted by atomic mass is 35.5. The largest absolute Gasteiger partial charge is 0.496 e. The zero-order valence-electron chi connectivity index (χ0n) is 35.6. The van der Waals surface area contributed by atoms with Crippen molar-refractivity contribution in [3.8, 4) is 50.9 Å². The second-order valence-corrected chi connectivity index (χ2v) is 15.6. The summed E-state index contributed by atoms with van der Waals surface area (Å²) < 4.78 is 39.4. The summed E-state index contributed by atoms with van der Waals surface area (Å²) >= 11 is 7.09. The Morgan fingerprint density at radius 1 is 0.857 bits per heavy atom. The Morgan fingerprint density at radius 3 is 2.40 bits per heavy atom. The smallest absolute Gasteiger partial charge is 0.328 e. The Labute approximate surface area is 370 Å². The predicted molar refractivity (Wildman–Crippen MR) is 241 cm³/mol. The van der Waals surface area contributed by atoms with E-state index in [0.717, 1.165) is 71.7 Å². The molecule has 7 aromatic rings. The number of hydrogen-bond donors (Lipinski definition) is 1. The fraction of sp³-hybridized carbons (Fsp3) is 0.271. The molecule has 3 aromatic heterocycles. The van der Waals surface area contributed by atoms with Crippen LogP contribution in [0.25, 0.3) is 39.2 Å². The number of rotatable bonds is 16. The van der Waals surface area contributed by atoms with E-state index >= 15 is 0 Å². The Balaban J connectivity index is 1.09. The number of nitrogens with one attached hydrogen (secondary N) is 1. The molecule has 13 nitrogen and oxygen atoms in total. The van der Waals surface area contributed by atoms with E-state index < -0.39 is 12.0 Å². The molecule has 4 heterocycles. The normalized spacial score (nSPS) is 13.7. The number of ether oxygens (including phenoxy) is 4. The maximum absolute atomic E-state index is 14.3. The third-order valence-corrected chi connectivity index (χ3v) is 11.7. The third-order valence-electron chi connectivity index (χ3n) is 11.2. The number of halogens is 2. The summed E-state index contributed by atoms with van der Waals surface area (Å²) in [6.07, 6.45) is 5.14. The number of aromatic nitrogens is 5. The summed E-state index contributed by atoms with van der Waals surface area (Å²) in [4.78, 5) is 32.2. The van der Waals surface area contributed by atoms with E-state index in [0.29, 0.717) is 51.7 Å². The summed E-state index contributed by atoms with van der Waals surface area (Å²) in [5.74, 6) is 1.82. The van der Waals surface area contributed by atoms with Gasteiger partial charge >= 0.3 is 5.97 Å². The lowest BCUT2D eigenvalue weighted by atomic mass is 9.94. The summed E-state index contributed by atoms with van der Waals surface area (Å²) in [7, 11) is 5.09. The molecule has 1 aliphatic rings. The van der Waals surface area contributed by atoms with Crippen LogP contribution < -0.4 is 19.5 Å². The van der Waals surface area contributed by atoms with E-state index in [9.17, 15) is 9.18 Å². The Kier molecular flexibility index (Phi) is 13.4. The Morgan fingerprint density at radius 2 is 1.62 bits per heavy atom. The molecule has 1 aliphatic heterocycles. The zero-order valence-corrected chi connectivity index (χ0v) is 36.3. The maximum atomic E-state index is 14.3. The number of nitrogens with zero attached hydrogens (tertiary/aromatic N) is 7. The topological polar surface area (TPSA) is 128 Å². The van der Waals surface area contributed by atoms with E-state index in [1.54, 1.807) is 36.0 Å². The molecule has 324 valence electrons. The maximum Gasteiger partial charge on any atom is 0.328 e. The van der Waals surface area contributed by atoms with Gasteiger partial charge in [-0.1, -0.05) is 60.1 Å². The molecular formula is C48H48ClFN8O5. The van der Waals surface area contributed by atoms with Crippen molar-refractivity contribution in [3.63, 3.8) is 0 Å². The Hall–Kier alpha value is -6.61. The number of esters is 1. The fourth-order valence-electron chi connectivity index (χ4n) is 7.76. The monoisotopic (exact) mass is 870 g/mol. The first kappa shape index (κ1) is 43.1. The second kappa shape index (κ2) is 19.6. The molecule has 1 fully saturated rings. The third kappa shape index (κ3) is 9.73. The van der Waals surface area contributed by atoms with Crippen LogP contribution in [-0.4, -0.2) is 107 Å². The summed E-state index contributed by atoms with van der Waals surface area (Å²) in [6, 6.07) is 26.1. The van der Waals surface area contributed by atoms with Gasteiger partial charge in [0.2, 0.25) is 0 Å². The van der Waals surface area contributed by atoms with Crippen molar-refractivity contribution in [1.29, 1.82) is 0 Å². The zero-order chi connectivity index (χ0) is 43.9. The molecule has 0 spiro atoms. The van der Waals surface area contributed by atoms with Crippen molar-refractivity contribution in [2.45, 2.75) is 26.0 Å². The molecule has 0 aliphatic carbocycles. The van der Waals surface area contributed by atoms with Gasteiger partial charge in [0.25, 0.3) is 0 Å². The van der Waals surface area contributed by atoms with Crippen molar-refractivity contribution in [2.24, 2.45) is 0 Å². The van der Waals surface area contributed by atoms with Gasteiger partial charge in [-0.25, -0.2) is 28.7 Å². The first-order chi connectivity index (χ1) is 30.7. The van der Waals surface area contributed by atoms with Crippen molar-refractivity contribution >= 4 is 28.9 Å². The van der Waals surface area contributed by atoms with Gasteiger partial charge in [0.05, 0.1) is 30.5 Å². The van der Waals surface area contributed by atoms with Crippen LogP contribution in [0.3, 0.4) is 0 Å². The number of anilines is 1. The van der Waals surface area contributed by atoms with Crippen LogP contribution in [0.15, 0.2) is 110 Å². The quantitative estimate of drug-likeness (QED) is 0.0945. The molecule has 1 saturated heterocycles. The first-order valence-corrected chi connectivity index (χ1v) is 21.0. The molecule has 0 saturated carbocycles. The van der Waals surface area contributed by atoms with Crippen LogP contribution in [0.2, 0.25) is 5.02 Å².